The normalized spacial score (nSPS) is 20.9. The van der Waals surface area contributed by atoms with Gasteiger partial charge in [0, 0.05) is 25.2 Å². The van der Waals surface area contributed by atoms with E-state index in [-0.39, 0.29) is 28.6 Å². The average molecular weight is 342 g/mol. The molecule has 8 nitrogen and oxygen atoms in total. The summed E-state index contributed by atoms with van der Waals surface area (Å²) in [5.41, 5.74) is -0.209. The maximum absolute atomic E-state index is 12.2. The molecule has 23 heavy (non-hydrogen) atoms. The number of morpholine rings is 1. The predicted octanol–water partition coefficient (Wildman–Crippen LogP) is 1.82. The Morgan fingerprint density at radius 3 is 2.52 bits per heavy atom. The van der Waals surface area contributed by atoms with Gasteiger partial charge in [0.1, 0.15) is 0 Å². The van der Waals surface area contributed by atoms with Gasteiger partial charge in [-0.05, 0) is 19.9 Å². The summed E-state index contributed by atoms with van der Waals surface area (Å²) < 4.78 is 5.50. The Kier molecular flexibility index (Phi) is 5.17. The summed E-state index contributed by atoms with van der Waals surface area (Å²) in [6, 6.07) is 3.61. The van der Waals surface area contributed by atoms with E-state index in [9.17, 15) is 19.7 Å². The van der Waals surface area contributed by atoms with Crippen molar-refractivity contribution in [1.82, 2.24) is 4.90 Å². The fourth-order valence-corrected chi connectivity index (χ4v) is 2.55. The fourth-order valence-electron chi connectivity index (χ4n) is 2.39. The van der Waals surface area contributed by atoms with Gasteiger partial charge in [0.05, 0.1) is 27.8 Å². The minimum absolute atomic E-state index is 0.0218. The standard InChI is InChI=1S/C14H16ClN3O5/c1-8-6-17(7-9(2)23-8)14(20)13(19)16-12-5-10(18(21)22)3-4-11(12)15/h3-5,8-9H,6-7H2,1-2H3,(H,16,19). The number of halogens is 1. The number of ether oxygens (including phenoxy) is 1. The number of carbonyl (C=O) groups is 2. The molecule has 0 bridgehead atoms. The summed E-state index contributed by atoms with van der Waals surface area (Å²) >= 11 is 5.90. The van der Waals surface area contributed by atoms with Crippen molar-refractivity contribution in [3.05, 3.63) is 33.3 Å². The van der Waals surface area contributed by atoms with E-state index in [0.29, 0.717) is 13.1 Å². The molecule has 124 valence electrons. The van der Waals surface area contributed by atoms with E-state index in [0.717, 1.165) is 6.07 Å². The molecule has 1 fully saturated rings. The van der Waals surface area contributed by atoms with E-state index in [1.807, 2.05) is 13.8 Å². The lowest BCUT2D eigenvalue weighted by Crippen LogP contribution is -2.51. The molecular weight excluding hydrogens is 326 g/mol. The Bertz CT molecular complexity index is 641. The minimum atomic E-state index is -0.895. The molecule has 1 aliphatic heterocycles. The Labute approximate surface area is 137 Å². The van der Waals surface area contributed by atoms with E-state index < -0.39 is 16.7 Å². The number of nitrogens with one attached hydrogen (secondary N) is 1. The Morgan fingerprint density at radius 1 is 1.35 bits per heavy atom. The zero-order valence-corrected chi connectivity index (χ0v) is 13.4. The van der Waals surface area contributed by atoms with Crippen LogP contribution in [0.4, 0.5) is 11.4 Å². The third-order valence-corrected chi connectivity index (χ3v) is 3.64. The molecule has 1 aromatic carbocycles. The van der Waals surface area contributed by atoms with Crippen LogP contribution in [0.15, 0.2) is 18.2 Å². The Morgan fingerprint density at radius 2 is 1.96 bits per heavy atom. The minimum Gasteiger partial charge on any atom is -0.372 e. The van der Waals surface area contributed by atoms with Crippen molar-refractivity contribution in [2.75, 3.05) is 18.4 Å². The topological polar surface area (TPSA) is 102 Å². The van der Waals surface area contributed by atoms with Crippen molar-refractivity contribution in [3.8, 4) is 0 Å². The summed E-state index contributed by atoms with van der Waals surface area (Å²) in [5.74, 6) is -1.62. The number of carbonyl (C=O) groups excluding carboxylic acids is 2. The highest BCUT2D eigenvalue weighted by Crippen LogP contribution is 2.26. The smallest absolute Gasteiger partial charge is 0.313 e. The van der Waals surface area contributed by atoms with Crippen LogP contribution in [0.5, 0.6) is 0 Å². The summed E-state index contributed by atoms with van der Waals surface area (Å²) in [7, 11) is 0. The lowest BCUT2D eigenvalue weighted by molar-refractivity contribution is -0.384. The second kappa shape index (κ2) is 6.93. The SMILES string of the molecule is CC1CN(C(=O)C(=O)Nc2cc([N+](=O)[O-])ccc2Cl)CC(C)O1. The molecule has 1 aromatic rings. The molecule has 1 N–H and O–H groups in total. The molecule has 0 aliphatic carbocycles. The zero-order chi connectivity index (χ0) is 17.1. The first-order valence-electron chi connectivity index (χ1n) is 6.97. The maximum atomic E-state index is 12.2. The molecule has 1 saturated heterocycles. The van der Waals surface area contributed by atoms with Crippen molar-refractivity contribution in [3.63, 3.8) is 0 Å². The molecule has 2 amide bonds. The second-order valence-electron chi connectivity index (χ2n) is 5.34. The molecule has 0 saturated carbocycles. The number of benzene rings is 1. The van der Waals surface area contributed by atoms with Crippen LogP contribution in [0.25, 0.3) is 0 Å². The fraction of sp³-hybridized carbons (Fsp3) is 0.429. The van der Waals surface area contributed by atoms with Gasteiger partial charge in [0.15, 0.2) is 0 Å². The summed E-state index contributed by atoms with van der Waals surface area (Å²) in [4.78, 5) is 35.8. The molecule has 2 rings (SSSR count). The molecule has 2 unspecified atom stereocenters. The highest BCUT2D eigenvalue weighted by molar-refractivity contribution is 6.41. The van der Waals surface area contributed by atoms with Crippen LogP contribution in [0.1, 0.15) is 13.8 Å². The third-order valence-electron chi connectivity index (χ3n) is 3.31. The molecule has 1 heterocycles. The van der Waals surface area contributed by atoms with Gasteiger partial charge in [-0.2, -0.15) is 0 Å². The number of rotatable bonds is 2. The molecule has 9 heteroatoms. The second-order valence-corrected chi connectivity index (χ2v) is 5.75. The lowest BCUT2D eigenvalue weighted by atomic mass is 10.2. The van der Waals surface area contributed by atoms with Crippen molar-refractivity contribution in [2.45, 2.75) is 26.1 Å². The van der Waals surface area contributed by atoms with Crippen molar-refractivity contribution >= 4 is 34.8 Å². The van der Waals surface area contributed by atoms with Gasteiger partial charge in [-0.15, -0.1) is 0 Å². The van der Waals surface area contributed by atoms with E-state index in [4.69, 9.17) is 16.3 Å². The monoisotopic (exact) mass is 341 g/mol. The van der Waals surface area contributed by atoms with Gasteiger partial charge in [-0.25, -0.2) is 0 Å². The highest BCUT2D eigenvalue weighted by Gasteiger charge is 2.30. The quantitative estimate of drug-likeness (QED) is 0.502. The van der Waals surface area contributed by atoms with Crippen LogP contribution < -0.4 is 5.32 Å². The number of nitro groups is 1. The largest absolute Gasteiger partial charge is 0.372 e. The summed E-state index contributed by atoms with van der Waals surface area (Å²) in [5, 5.41) is 13.2. The van der Waals surface area contributed by atoms with E-state index in [2.05, 4.69) is 5.32 Å². The van der Waals surface area contributed by atoms with Crippen molar-refractivity contribution in [1.29, 1.82) is 0 Å². The number of nitro benzene ring substituents is 1. The van der Waals surface area contributed by atoms with Crippen LogP contribution in [-0.2, 0) is 14.3 Å². The number of amides is 2. The van der Waals surface area contributed by atoms with Crippen LogP contribution >= 0.6 is 11.6 Å². The van der Waals surface area contributed by atoms with Gasteiger partial charge in [0.25, 0.3) is 5.69 Å². The summed E-state index contributed by atoms with van der Waals surface area (Å²) in [6.45, 7) is 4.23. The van der Waals surface area contributed by atoms with Gasteiger partial charge in [-0.3, -0.25) is 19.7 Å². The van der Waals surface area contributed by atoms with Crippen LogP contribution in [-0.4, -0.2) is 46.9 Å². The van der Waals surface area contributed by atoms with Gasteiger partial charge < -0.3 is 15.0 Å². The first kappa shape index (κ1) is 17.2. The molecule has 0 spiro atoms. The van der Waals surface area contributed by atoms with E-state index in [1.54, 1.807) is 0 Å². The molecular formula is C14H16ClN3O5. The third kappa shape index (κ3) is 4.17. The van der Waals surface area contributed by atoms with Crippen LogP contribution in [0, 0.1) is 10.1 Å². The first-order chi connectivity index (χ1) is 10.8. The van der Waals surface area contributed by atoms with Gasteiger partial charge >= 0.3 is 11.8 Å². The number of nitrogens with zero attached hydrogens (tertiary/aromatic N) is 2. The molecule has 0 radical (unpaired) electrons. The maximum Gasteiger partial charge on any atom is 0.313 e. The molecule has 0 aromatic heterocycles. The Balaban J connectivity index is 2.11. The number of hydrogen-bond acceptors (Lipinski definition) is 5. The Hall–Kier alpha value is -2.19. The summed E-state index contributed by atoms with van der Waals surface area (Å²) in [6.07, 6.45) is -0.339. The van der Waals surface area contributed by atoms with E-state index in [1.165, 1.54) is 17.0 Å². The molecule has 2 atom stereocenters. The van der Waals surface area contributed by atoms with Crippen molar-refractivity contribution < 1.29 is 19.2 Å². The van der Waals surface area contributed by atoms with Gasteiger partial charge in [-0.1, -0.05) is 11.6 Å². The number of non-ortho nitro benzene ring substituents is 1. The van der Waals surface area contributed by atoms with E-state index >= 15 is 0 Å². The van der Waals surface area contributed by atoms with Crippen LogP contribution in [0.3, 0.4) is 0 Å². The zero-order valence-electron chi connectivity index (χ0n) is 12.6. The molecule has 1 aliphatic rings. The van der Waals surface area contributed by atoms with Gasteiger partial charge in [0.2, 0.25) is 0 Å². The lowest BCUT2D eigenvalue weighted by Gasteiger charge is -2.34. The number of anilines is 1. The van der Waals surface area contributed by atoms with Crippen molar-refractivity contribution in [2.24, 2.45) is 0 Å². The average Bonchev–Trinajstić information content (AvgIpc) is 2.47. The number of hydrogen-bond donors (Lipinski definition) is 1. The first-order valence-corrected chi connectivity index (χ1v) is 7.35. The highest BCUT2D eigenvalue weighted by atomic mass is 35.5. The predicted molar refractivity (Wildman–Crippen MR) is 83.3 cm³/mol. The van der Waals surface area contributed by atoms with Crippen LogP contribution in [0.2, 0.25) is 5.02 Å².